The van der Waals surface area contributed by atoms with Crippen LogP contribution < -0.4 is 22.2 Å². The molecule has 0 aliphatic heterocycles. The second-order valence-electron chi connectivity index (χ2n) is 5.41. The third-order valence-electron chi connectivity index (χ3n) is 3.63. The Balaban J connectivity index is 2.15. The van der Waals surface area contributed by atoms with Gasteiger partial charge < -0.3 is 16.0 Å². The number of aryl methyl sites for hydroxylation is 1. The zero-order valence-electron chi connectivity index (χ0n) is 13.1. The molecule has 25 heavy (non-hydrogen) atoms. The standard InChI is InChI=1S/C16H15FIN5O2/c17-10-6-9(18)2-3-11(10)21-12-7-13(24)22-15-14(12)16(25)23(8-20-15)5-1-4-19/h2-3,6-8H,1,4-5,19H2,(H2,21,22,24). The van der Waals surface area contributed by atoms with E-state index >= 15 is 0 Å². The molecule has 0 amide bonds. The lowest BCUT2D eigenvalue weighted by molar-refractivity contribution is 0.624. The number of rotatable bonds is 5. The van der Waals surface area contributed by atoms with Crippen LogP contribution in [0.5, 0.6) is 0 Å². The maximum atomic E-state index is 14.1. The number of hydrogen-bond acceptors (Lipinski definition) is 5. The molecule has 7 nitrogen and oxygen atoms in total. The van der Waals surface area contributed by atoms with E-state index in [9.17, 15) is 14.0 Å². The summed E-state index contributed by atoms with van der Waals surface area (Å²) in [6, 6.07) is 5.85. The first-order chi connectivity index (χ1) is 12.0. The van der Waals surface area contributed by atoms with Gasteiger partial charge in [0.05, 0.1) is 17.7 Å². The second kappa shape index (κ2) is 7.31. The predicted octanol–water partition coefficient (Wildman–Crippen LogP) is 1.92. The Morgan fingerprint density at radius 2 is 2.08 bits per heavy atom. The summed E-state index contributed by atoms with van der Waals surface area (Å²) in [5.74, 6) is -0.479. The van der Waals surface area contributed by atoms with Crippen molar-refractivity contribution in [2.45, 2.75) is 13.0 Å². The van der Waals surface area contributed by atoms with E-state index in [2.05, 4.69) is 15.3 Å². The predicted molar refractivity (Wildman–Crippen MR) is 103 cm³/mol. The van der Waals surface area contributed by atoms with Crippen molar-refractivity contribution in [1.29, 1.82) is 0 Å². The van der Waals surface area contributed by atoms with Crippen LogP contribution in [0.2, 0.25) is 0 Å². The van der Waals surface area contributed by atoms with E-state index in [0.717, 1.165) is 3.57 Å². The second-order valence-corrected chi connectivity index (χ2v) is 6.65. The lowest BCUT2D eigenvalue weighted by Gasteiger charge is -2.11. The molecular formula is C16H15FIN5O2. The van der Waals surface area contributed by atoms with Crippen LogP contribution in [-0.2, 0) is 6.54 Å². The molecule has 0 fully saturated rings. The lowest BCUT2D eigenvalue weighted by Crippen LogP contribution is -2.24. The molecule has 0 saturated heterocycles. The molecule has 0 bridgehead atoms. The first-order valence-corrected chi connectivity index (χ1v) is 8.62. The van der Waals surface area contributed by atoms with Crippen molar-refractivity contribution in [3.63, 3.8) is 0 Å². The summed E-state index contributed by atoms with van der Waals surface area (Å²) in [4.78, 5) is 31.2. The van der Waals surface area contributed by atoms with Gasteiger partial charge in [0.1, 0.15) is 16.9 Å². The zero-order valence-corrected chi connectivity index (χ0v) is 15.2. The SMILES string of the molecule is NCCCn1cnc2[nH]c(=O)cc(Nc3ccc(I)cc3F)c2c1=O. The number of nitrogens with one attached hydrogen (secondary N) is 2. The topological polar surface area (TPSA) is 106 Å². The first kappa shape index (κ1) is 17.5. The Hall–Kier alpha value is -2.27. The minimum absolute atomic E-state index is 0.148. The Labute approximate surface area is 155 Å². The van der Waals surface area contributed by atoms with E-state index in [1.165, 1.54) is 23.0 Å². The Kier molecular flexibility index (Phi) is 5.13. The molecule has 2 aromatic heterocycles. The summed E-state index contributed by atoms with van der Waals surface area (Å²) in [7, 11) is 0. The van der Waals surface area contributed by atoms with Crippen LogP contribution in [0, 0.1) is 9.39 Å². The molecule has 130 valence electrons. The number of aromatic nitrogens is 3. The number of nitrogens with zero attached hydrogens (tertiary/aromatic N) is 2. The van der Waals surface area contributed by atoms with Crippen LogP contribution in [0.3, 0.4) is 0 Å². The fraction of sp³-hybridized carbons (Fsp3) is 0.188. The van der Waals surface area contributed by atoms with Gasteiger partial charge in [-0.2, -0.15) is 0 Å². The van der Waals surface area contributed by atoms with Crippen LogP contribution in [0.15, 0.2) is 40.2 Å². The number of pyridine rings is 1. The Morgan fingerprint density at radius 1 is 1.28 bits per heavy atom. The van der Waals surface area contributed by atoms with E-state index in [-0.39, 0.29) is 28.0 Å². The van der Waals surface area contributed by atoms with Gasteiger partial charge in [0.15, 0.2) is 0 Å². The fourth-order valence-corrected chi connectivity index (χ4v) is 2.89. The highest BCUT2D eigenvalue weighted by molar-refractivity contribution is 14.1. The van der Waals surface area contributed by atoms with Crippen molar-refractivity contribution >= 4 is 45.0 Å². The van der Waals surface area contributed by atoms with Gasteiger partial charge in [0, 0.05) is 16.2 Å². The summed E-state index contributed by atoms with van der Waals surface area (Å²) in [6.07, 6.45) is 1.98. The molecule has 9 heteroatoms. The molecule has 1 aromatic carbocycles. The molecule has 0 saturated carbocycles. The van der Waals surface area contributed by atoms with Crippen LogP contribution in [0.4, 0.5) is 15.8 Å². The molecule has 3 rings (SSSR count). The number of halogens is 2. The first-order valence-electron chi connectivity index (χ1n) is 7.54. The molecule has 0 aliphatic carbocycles. The van der Waals surface area contributed by atoms with Crippen molar-refractivity contribution in [2.24, 2.45) is 5.73 Å². The summed E-state index contributed by atoms with van der Waals surface area (Å²) < 4.78 is 16.3. The largest absolute Gasteiger partial charge is 0.352 e. The molecule has 0 atom stereocenters. The van der Waals surface area contributed by atoms with Gasteiger partial charge in [-0.1, -0.05) is 0 Å². The normalized spacial score (nSPS) is 11.0. The summed E-state index contributed by atoms with van der Waals surface area (Å²) in [5.41, 5.74) is 5.24. The van der Waals surface area contributed by atoms with Gasteiger partial charge in [-0.05, 0) is 53.8 Å². The monoisotopic (exact) mass is 455 g/mol. The smallest absolute Gasteiger partial charge is 0.264 e. The molecule has 0 aliphatic rings. The average Bonchev–Trinajstić information content (AvgIpc) is 2.56. The van der Waals surface area contributed by atoms with E-state index in [4.69, 9.17) is 5.73 Å². The molecule has 4 N–H and O–H groups in total. The molecule has 2 heterocycles. The number of fused-ring (bicyclic) bond motifs is 1. The van der Waals surface area contributed by atoms with Crippen molar-refractivity contribution in [2.75, 3.05) is 11.9 Å². The quantitative estimate of drug-likeness (QED) is 0.510. The van der Waals surface area contributed by atoms with Gasteiger partial charge in [0.2, 0.25) is 0 Å². The zero-order chi connectivity index (χ0) is 18.0. The van der Waals surface area contributed by atoms with Gasteiger partial charge in [0.25, 0.3) is 11.1 Å². The number of H-pyrrole nitrogens is 1. The van der Waals surface area contributed by atoms with Gasteiger partial charge in [-0.15, -0.1) is 0 Å². The van der Waals surface area contributed by atoms with Gasteiger partial charge in [-0.25, -0.2) is 9.37 Å². The summed E-state index contributed by atoms with van der Waals surface area (Å²) >= 11 is 2.00. The highest BCUT2D eigenvalue weighted by Gasteiger charge is 2.13. The van der Waals surface area contributed by atoms with Gasteiger partial charge in [-0.3, -0.25) is 14.2 Å². The van der Waals surface area contributed by atoms with Crippen molar-refractivity contribution in [1.82, 2.24) is 14.5 Å². The fourth-order valence-electron chi connectivity index (χ4n) is 2.44. The van der Waals surface area contributed by atoms with Crippen LogP contribution in [0.1, 0.15) is 6.42 Å². The third kappa shape index (κ3) is 3.71. The van der Waals surface area contributed by atoms with Crippen LogP contribution >= 0.6 is 22.6 Å². The maximum Gasteiger partial charge on any atom is 0.264 e. The highest BCUT2D eigenvalue weighted by atomic mass is 127. The van der Waals surface area contributed by atoms with Gasteiger partial charge >= 0.3 is 0 Å². The number of aromatic amines is 1. The minimum atomic E-state index is -0.479. The van der Waals surface area contributed by atoms with Crippen LogP contribution in [-0.4, -0.2) is 21.1 Å². The number of hydrogen-bond donors (Lipinski definition) is 3. The lowest BCUT2D eigenvalue weighted by atomic mass is 10.2. The number of anilines is 2. The van der Waals surface area contributed by atoms with Crippen molar-refractivity contribution in [3.8, 4) is 0 Å². The number of nitrogens with two attached hydrogens (primary N) is 1. The van der Waals surface area contributed by atoms with Crippen molar-refractivity contribution in [3.05, 3.63) is 60.7 Å². The highest BCUT2D eigenvalue weighted by Crippen LogP contribution is 2.23. The van der Waals surface area contributed by atoms with Crippen LogP contribution in [0.25, 0.3) is 11.0 Å². The molecular weight excluding hydrogens is 440 g/mol. The Bertz CT molecular complexity index is 1050. The minimum Gasteiger partial charge on any atom is -0.352 e. The summed E-state index contributed by atoms with van der Waals surface area (Å²) in [6.45, 7) is 0.851. The molecule has 0 spiro atoms. The molecule has 0 unspecified atom stereocenters. The third-order valence-corrected chi connectivity index (χ3v) is 4.30. The average molecular weight is 455 g/mol. The van der Waals surface area contributed by atoms with E-state index < -0.39 is 11.4 Å². The maximum absolute atomic E-state index is 14.1. The number of benzene rings is 1. The van der Waals surface area contributed by atoms with E-state index in [1.54, 1.807) is 12.1 Å². The molecule has 3 aromatic rings. The molecule has 0 radical (unpaired) electrons. The van der Waals surface area contributed by atoms with E-state index in [0.29, 0.717) is 19.5 Å². The van der Waals surface area contributed by atoms with Crippen molar-refractivity contribution < 1.29 is 4.39 Å². The summed E-state index contributed by atoms with van der Waals surface area (Å²) in [5, 5.41) is 3.02. The van der Waals surface area contributed by atoms with E-state index in [1.807, 2.05) is 22.6 Å². The Morgan fingerprint density at radius 3 is 2.80 bits per heavy atom.